The molecule has 0 saturated carbocycles. The minimum atomic E-state index is -4.65. The van der Waals surface area contributed by atoms with Gasteiger partial charge in [-0.1, -0.05) is 11.6 Å². The Balaban J connectivity index is 1.41. The van der Waals surface area contributed by atoms with Crippen LogP contribution in [0, 0.1) is 12.3 Å². The number of hydroxylamine groups is 2. The lowest BCUT2D eigenvalue weighted by Crippen LogP contribution is -2.44. The molecule has 2 aromatic rings. The van der Waals surface area contributed by atoms with Gasteiger partial charge in [-0.05, 0) is 49.9 Å². The van der Waals surface area contributed by atoms with Crippen molar-refractivity contribution in [2.24, 2.45) is 0 Å². The first kappa shape index (κ1) is 23.8. The molecule has 3 heterocycles. The Morgan fingerprint density at radius 1 is 1.24 bits per heavy atom. The Hall–Kier alpha value is -2.36. The predicted octanol–water partition coefficient (Wildman–Crippen LogP) is 4.86. The minimum Gasteiger partial charge on any atom is -0.390 e. The highest BCUT2D eigenvalue weighted by Crippen LogP contribution is 2.34. The van der Waals surface area contributed by atoms with E-state index < -0.39 is 11.9 Å². The zero-order chi connectivity index (χ0) is 23.8. The highest BCUT2D eigenvalue weighted by molar-refractivity contribution is 6.31. The van der Waals surface area contributed by atoms with Crippen molar-refractivity contribution in [3.63, 3.8) is 0 Å². The average molecular weight is 482 g/mol. The number of benzene rings is 1. The summed E-state index contributed by atoms with van der Waals surface area (Å²) in [6.45, 7) is 4.16. The van der Waals surface area contributed by atoms with Gasteiger partial charge in [0.15, 0.2) is 0 Å². The number of alkyl halides is 3. The molecule has 0 spiro atoms. The van der Waals surface area contributed by atoms with Crippen LogP contribution in [0.4, 0.5) is 18.9 Å². The molecule has 4 rings (SSSR count). The van der Waals surface area contributed by atoms with E-state index in [0.29, 0.717) is 17.3 Å². The average Bonchev–Trinajstić information content (AvgIpc) is 2.78. The summed E-state index contributed by atoms with van der Waals surface area (Å²) >= 11 is 6.24. The molecule has 0 bridgehead atoms. The van der Waals surface area contributed by atoms with Crippen LogP contribution in [0.1, 0.15) is 24.8 Å². The van der Waals surface area contributed by atoms with Crippen LogP contribution < -0.4 is 10.2 Å². The van der Waals surface area contributed by atoms with Gasteiger partial charge in [-0.3, -0.25) is 15.2 Å². The van der Waals surface area contributed by atoms with E-state index in [1.807, 2.05) is 31.3 Å². The van der Waals surface area contributed by atoms with Crippen molar-refractivity contribution in [3.8, 4) is 0 Å². The van der Waals surface area contributed by atoms with Crippen LogP contribution in [0.3, 0.4) is 0 Å². The molecule has 1 aromatic carbocycles. The highest BCUT2D eigenvalue weighted by atomic mass is 35.5. The number of nitrogens with zero attached hydrogens (tertiary/aromatic N) is 3. The Kier molecular flexibility index (Phi) is 6.83. The molecule has 0 amide bonds. The molecular formula is C23H27ClF3N5O. The zero-order valence-electron chi connectivity index (χ0n) is 18.6. The first-order chi connectivity index (χ1) is 15.7. The topological polar surface area (TPSA) is 64.5 Å². The molecule has 2 aliphatic rings. The van der Waals surface area contributed by atoms with Crippen molar-refractivity contribution in [1.82, 2.24) is 15.4 Å². The van der Waals surface area contributed by atoms with Gasteiger partial charge < -0.3 is 10.2 Å². The standard InChI is InChI=1S/C23H27ClF3N5O/c1-14-12-30-19-4-3-15(24)11-18(19)21(14)31-8-5-16(6-9-31)33-32-10-7-17(20(13-32)29-2)22(28)23(25,26)27/h3-4,11-12,16,28-29H,5-10,13H2,1-2H3. The quantitative estimate of drug-likeness (QED) is 0.597. The molecule has 0 unspecified atom stereocenters. The lowest BCUT2D eigenvalue weighted by molar-refractivity contribution is -0.199. The molecule has 2 N–H and O–H groups in total. The van der Waals surface area contributed by atoms with E-state index in [0.717, 1.165) is 48.1 Å². The summed E-state index contributed by atoms with van der Waals surface area (Å²) in [4.78, 5) is 13.0. The third-order valence-electron chi connectivity index (χ3n) is 6.24. The molecule has 0 atom stereocenters. The summed E-state index contributed by atoms with van der Waals surface area (Å²) in [5.74, 6) is 0. The van der Waals surface area contributed by atoms with E-state index in [9.17, 15) is 13.2 Å². The number of nitrogens with one attached hydrogen (secondary N) is 2. The normalized spacial score (nSPS) is 18.8. The van der Waals surface area contributed by atoms with Crippen LogP contribution in [0.2, 0.25) is 5.02 Å². The van der Waals surface area contributed by atoms with E-state index in [2.05, 4.69) is 15.2 Å². The van der Waals surface area contributed by atoms with Crippen LogP contribution in [-0.4, -0.2) is 61.3 Å². The summed E-state index contributed by atoms with van der Waals surface area (Å²) in [6.07, 6.45) is -1.07. The lowest BCUT2D eigenvalue weighted by atomic mass is 10.0. The van der Waals surface area contributed by atoms with Crippen molar-refractivity contribution < 1.29 is 18.0 Å². The largest absolute Gasteiger partial charge is 0.432 e. The SMILES string of the molecule is CNC1=C(C(=N)C(F)(F)F)CCN(OC2CCN(c3c(C)cnc4ccc(Cl)cc34)CC2)C1. The van der Waals surface area contributed by atoms with Crippen molar-refractivity contribution in [3.05, 3.63) is 46.3 Å². The monoisotopic (exact) mass is 481 g/mol. The maximum absolute atomic E-state index is 13.0. The van der Waals surface area contributed by atoms with Gasteiger partial charge in [-0.2, -0.15) is 18.2 Å². The maximum atomic E-state index is 13.0. The highest BCUT2D eigenvalue weighted by Gasteiger charge is 2.39. The Labute approximate surface area is 195 Å². The predicted molar refractivity (Wildman–Crippen MR) is 124 cm³/mol. The first-order valence-corrected chi connectivity index (χ1v) is 11.3. The number of hydrogen-bond acceptors (Lipinski definition) is 6. The number of pyridine rings is 1. The van der Waals surface area contributed by atoms with Gasteiger partial charge in [0.1, 0.15) is 5.71 Å². The van der Waals surface area contributed by atoms with Gasteiger partial charge >= 0.3 is 6.18 Å². The number of fused-ring (bicyclic) bond motifs is 1. The summed E-state index contributed by atoms with van der Waals surface area (Å²) in [6, 6.07) is 5.71. The van der Waals surface area contributed by atoms with Crippen molar-refractivity contribution >= 4 is 33.9 Å². The van der Waals surface area contributed by atoms with Crippen LogP contribution in [0.25, 0.3) is 10.9 Å². The number of aryl methyl sites for hydroxylation is 1. The fourth-order valence-electron chi connectivity index (χ4n) is 4.57. The van der Waals surface area contributed by atoms with E-state index in [4.69, 9.17) is 21.8 Å². The number of hydrogen-bond donors (Lipinski definition) is 2. The summed E-state index contributed by atoms with van der Waals surface area (Å²) in [5.41, 5.74) is 2.24. The fourth-order valence-corrected chi connectivity index (χ4v) is 4.74. The van der Waals surface area contributed by atoms with Gasteiger partial charge in [0.25, 0.3) is 0 Å². The third-order valence-corrected chi connectivity index (χ3v) is 6.47. The Bertz CT molecular complexity index is 1070. The molecule has 1 fully saturated rings. The summed E-state index contributed by atoms with van der Waals surface area (Å²) in [7, 11) is 1.58. The number of aromatic nitrogens is 1. The fraction of sp³-hybridized carbons (Fsp3) is 0.478. The van der Waals surface area contributed by atoms with Crippen LogP contribution in [-0.2, 0) is 4.84 Å². The van der Waals surface area contributed by atoms with Crippen molar-refractivity contribution in [2.45, 2.75) is 38.5 Å². The molecule has 178 valence electrons. The zero-order valence-corrected chi connectivity index (χ0v) is 19.4. The summed E-state index contributed by atoms with van der Waals surface area (Å²) < 4.78 is 39.0. The Morgan fingerprint density at radius 3 is 2.64 bits per heavy atom. The maximum Gasteiger partial charge on any atom is 0.432 e. The summed E-state index contributed by atoms with van der Waals surface area (Å²) in [5, 5.41) is 13.7. The smallest absolute Gasteiger partial charge is 0.390 e. The van der Waals surface area contributed by atoms with Crippen molar-refractivity contribution in [1.29, 1.82) is 5.41 Å². The molecule has 33 heavy (non-hydrogen) atoms. The number of piperidine rings is 1. The second kappa shape index (κ2) is 9.48. The van der Waals surface area contributed by atoms with Gasteiger partial charge in [-0.15, -0.1) is 0 Å². The van der Waals surface area contributed by atoms with Crippen LogP contribution >= 0.6 is 11.6 Å². The molecule has 1 saturated heterocycles. The molecule has 0 aliphatic carbocycles. The molecule has 1 aromatic heterocycles. The van der Waals surface area contributed by atoms with Crippen LogP contribution in [0.15, 0.2) is 35.7 Å². The van der Waals surface area contributed by atoms with Crippen LogP contribution in [0.5, 0.6) is 0 Å². The molecule has 0 radical (unpaired) electrons. The number of halogens is 4. The van der Waals surface area contributed by atoms with E-state index in [-0.39, 0.29) is 24.6 Å². The second-order valence-corrected chi connectivity index (χ2v) is 8.87. The van der Waals surface area contributed by atoms with E-state index in [1.54, 1.807) is 12.1 Å². The third kappa shape index (κ3) is 5.10. The van der Waals surface area contributed by atoms with Gasteiger partial charge in [0.05, 0.1) is 23.9 Å². The molecule has 10 heteroatoms. The van der Waals surface area contributed by atoms with Gasteiger partial charge in [-0.25, -0.2) is 0 Å². The van der Waals surface area contributed by atoms with E-state index >= 15 is 0 Å². The van der Waals surface area contributed by atoms with Crippen molar-refractivity contribution in [2.75, 3.05) is 38.1 Å². The second-order valence-electron chi connectivity index (χ2n) is 8.44. The number of anilines is 1. The van der Waals surface area contributed by atoms with Gasteiger partial charge in [0, 0.05) is 54.6 Å². The van der Waals surface area contributed by atoms with E-state index in [1.165, 1.54) is 0 Å². The first-order valence-electron chi connectivity index (χ1n) is 10.9. The molecular weight excluding hydrogens is 455 g/mol. The Morgan fingerprint density at radius 2 is 1.97 bits per heavy atom. The number of rotatable bonds is 5. The lowest BCUT2D eigenvalue weighted by Gasteiger charge is -2.38. The molecule has 2 aliphatic heterocycles. The number of likely N-dealkylation sites (N-methyl/N-ethyl adjacent to an activating group) is 1. The van der Waals surface area contributed by atoms with Gasteiger partial charge in [0.2, 0.25) is 0 Å². The minimum absolute atomic E-state index is 0.0124. The molecule has 6 nitrogen and oxygen atoms in total.